The van der Waals surface area contributed by atoms with Gasteiger partial charge >= 0.3 is 0 Å². The standard InChI is InChI=1S/C16H21N5/c1-3-13(16-18-11-14(20-16)12-5-6-12)19-15(4-1)21-9-2-7-17-8-10-21/h1,3-4,11-12,17H,2,5-10H2,(H,18,20). The van der Waals surface area contributed by atoms with E-state index in [0.29, 0.717) is 5.92 Å². The average molecular weight is 283 g/mol. The van der Waals surface area contributed by atoms with E-state index in [0.717, 1.165) is 43.5 Å². The van der Waals surface area contributed by atoms with E-state index < -0.39 is 0 Å². The molecule has 2 aliphatic rings. The highest BCUT2D eigenvalue weighted by Crippen LogP contribution is 2.39. The fourth-order valence-electron chi connectivity index (χ4n) is 2.87. The normalized spacial score (nSPS) is 19.5. The van der Waals surface area contributed by atoms with Crippen molar-refractivity contribution in [1.29, 1.82) is 0 Å². The molecule has 2 fully saturated rings. The molecule has 0 radical (unpaired) electrons. The molecule has 1 aliphatic carbocycles. The van der Waals surface area contributed by atoms with Gasteiger partial charge in [0.25, 0.3) is 0 Å². The fourth-order valence-corrected chi connectivity index (χ4v) is 2.87. The topological polar surface area (TPSA) is 56.8 Å². The number of nitrogens with zero attached hydrogens (tertiary/aromatic N) is 3. The van der Waals surface area contributed by atoms with Crippen molar-refractivity contribution >= 4 is 5.82 Å². The van der Waals surface area contributed by atoms with Crippen LogP contribution in [0.2, 0.25) is 0 Å². The second kappa shape index (κ2) is 5.48. The van der Waals surface area contributed by atoms with Gasteiger partial charge in [0, 0.05) is 37.4 Å². The first-order valence-electron chi connectivity index (χ1n) is 7.88. The number of nitrogens with one attached hydrogen (secondary N) is 2. The molecule has 0 atom stereocenters. The Morgan fingerprint density at radius 1 is 1.14 bits per heavy atom. The van der Waals surface area contributed by atoms with Crippen LogP contribution in [-0.4, -0.2) is 41.1 Å². The lowest BCUT2D eigenvalue weighted by Crippen LogP contribution is -2.28. The van der Waals surface area contributed by atoms with Crippen LogP contribution in [0.4, 0.5) is 5.82 Å². The first kappa shape index (κ1) is 12.8. The summed E-state index contributed by atoms with van der Waals surface area (Å²) in [6.07, 6.45) is 5.71. The highest BCUT2D eigenvalue weighted by atomic mass is 15.2. The van der Waals surface area contributed by atoms with Crippen LogP contribution in [-0.2, 0) is 0 Å². The molecule has 5 nitrogen and oxygen atoms in total. The lowest BCUT2D eigenvalue weighted by Gasteiger charge is -2.21. The van der Waals surface area contributed by atoms with E-state index in [1.165, 1.54) is 25.0 Å². The van der Waals surface area contributed by atoms with Crippen molar-refractivity contribution < 1.29 is 0 Å². The number of imidazole rings is 1. The van der Waals surface area contributed by atoms with Crippen molar-refractivity contribution in [3.05, 3.63) is 30.1 Å². The Morgan fingerprint density at radius 2 is 2.10 bits per heavy atom. The number of hydrogen-bond donors (Lipinski definition) is 2. The molecule has 0 amide bonds. The number of pyridine rings is 1. The minimum atomic E-state index is 0.700. The molecule has 1 saturated carbocycles. The van der Waals surface area contributed by atoms with Gasteiger partial charge in [-0.1, -0.05) is 6.07 Å². The van der Waals surface area contributed by atoms with Crippen LogP contribution in [0.3, 0.4) is 0 Å². The lowest BCUT2D eigenvalue weighted by molar-refractivity contribution is 0.724. The highest BCUT2D eigenvalue weighted by Gasteiger charge is 2.25. The molecule has 3 heterocycles. The van der Waals surface area contributed by atoms with Crippen LogP contribution in [0.15, 0.2) is 24.4 Å². The van der Waals surface area contributed by atoms with Gasteiger partial charge in [0.05, 0.1) is 0 Å². The largest absolute Gasteiger partial charge is 0.355 e. The first-order chi connectivity index (χ1) is 10.4. The van der Waals surface area contributed by atoms with Crippen molar-refractivity contribution in [2.75, 3.05) is 31.1 Å². The Hall–Kier alpha value is -1.88. The minimum Gasteiger partial charge on any atom is -0.355 e. The Labute approximate surface area is 124 Å². The third-order valence-electron chi connectivity index (χ3n) is 4.25. The van der Waals surface area contributed by atoms with Gasteiger partial charge in [-0.05, 0) is 37.9 Å². The second-order valence-electron chi connectivity index (χ2n) is 5.93. The molecule has 110 valence electrons. The average Bonchev–Trinajstić information content (AvgIpc) is 3.31. The summed E-state index contributed by atoms with van der Waals surface area (Å²) >= 11 is 0. The SMILES string of the molecule is c1cc(-c2ncc(C3CC3)[nH]2)nc(N2CCCNCC2)c1. The summed E-state index contributed by atoms with van der Waals surface area (Å²) in [6, 6.07) is 6.21. The van der Waals surface area contributed by atoms with Crippen LogP contribution >= 0.6 is 0 Å². The summed E-state index contributed by atoms with van der Waals surface area (Å²) in [7, 11) is 0. The molecule has 1 saturated heterocycles. The van der Waals surface area contributed by atoms with Gasteiger partial charge in [-0.15, -0.1) is 0 Å². The van der Waals surface area contributed by atoms with E-state index in [1.807, 2.05) is 12.3 Å². The van der Waals surface area contributed by atoms with Crippen LogP contribution < -0.4 is 10.2 Å². The third kappa shape index (κ3) is 2.78. The summed E-state index contributed by atoms with van der Waals surface area (Å²) in [5, 5.41) is 3.43. The Kier molecular flexibility index (Phi) is 3.35. The quantitative estimate of drug-likeness (QED) is 0.906. The monoisotopic (exact) mass is 283 g/mol. The third-order valence-corrected chi connectivity index (χ3v) is 4.25. The van der Waals surface area contributed by atoms with Crippen molar-refractivity contribution in [1.82, 2.24) is 20.3 Å². The van der Waals surface area contributed by atoms with E-state index in [2.05, 4.69) is 32.3 Å². The molecule has 2 aromatic rings. The molecule has 0 bridgehead atoms. The van der Waals surface area contributed by atoms with E-state index >= 15 is 0 Å². The van der Waals surface area contributed by atoms with Gasteiger partial charge < -0.3 is 15.2 Å². The molecule has 2 N–H and O–H groups in total. The molecule has 2 aromatic heterocycles. The number of aromatic amines is 1. The zero-order chi connectivity index (χ0) is 14.1. The molecule has 0 spiro atoms. The molecule has 0 aromatic carbocycles. The van der Waals surface area contributed by atoms with Crippen LogP contribution in [0.1, 0.15) is 30.9 Å². The van der Waals surface area contributed by atoms with Gasteiger partial charge in [0.2, 0.25) is 0 Å². The molecule has 1 aliphatic heterocycles. The maximum atomic E-state index is 4.81. The Balaban J connectivity index is 1.58. The summed E-state index contributed by atoms with van der Waals surface area (Å²) in [5.41, 5.74) is 2.20. The molecule has 21 heavy (non-hydrogen) atoms. The molecular formula is C16H21N5. The number of hydrogen-bond acceptors (Lipinski definition) is 4. The number of anilines is 1. The van der Waals surface area contributed by atoms with Gasteiger partial charge in [-0.25, -0.2) is 9.97 Å². The minimum absolute atomic E-state index is 0.700. The smallest absolute Gasteiger partial charge is 0.156 e. The van der Waals surface area contributed by atoms with Crippen molar-refractivity contribution in [3.8, 4) is 11.5 Å². The van der Waals surface area contributed by atoms with E-state index in [-0.39, 0.29) is 0 Å². The number of H-pyrrole nitrogens is 1. The Bertz CT molecular complexity index is 609. The second-order valence-corrected chi connectivity index (χ2v) is 5.93. The van der Waals surface area contributed by atoms with Gasteiger partial charge in [0.15, 0.2) is 5.82 Å². The van der Waals surface area contributed by atoms with Crippen molar-refractivity contribution in [3.63, 3.8) is 0 Å². The van der Waals surface area contributed by atoms with E-state index in [9.17, 15) is 0 Å². The predicted molar refractivity (Wildman–Crippen MR) is 83.5 cm³/mol. The van der Waals surface area contributed by atoms with Crippen molar-refractivity contribution in [2.45, 2.75) is 25.2 Å². The molecule has 5 heteroatoms. The summed E-state index contributed by atoms with van der Waals surface area (Å²) in [4.78, 5) is 15.1. The maximum Gasteiger partial charge on any atom is 0.156 e. The van der Waals surface area contributed by atoms with Gasteiger partial charge in [-0.3, -0.25) is 0 Å². The zero-order valence-corrected chi connectivity index (χ0v) is 12.2. The molecule has 0 unspecified atom stereocenters. The first-order valence-corrected chi connectivity index (χ1v) is 7.88. The maximum absolute atomic E-state index is 4.81. The van der Waals surface area contributed by atoms with Crippen LogP contribution in [0.5, 0.6) is 0 Å². The van der Waals surface area contributed by atoms with Crippen molar-refractivity contribution in [2.24, 2.45) is 0 Å². The number of aromatic nitrogens is 3. The van der Waals surface area contributed by atoms with Crippen LogP contribution in [0, 0.1) is 0 Å². The van der Waals surface area contributed by atoms with Gasteiger partial charge in [0.1, 0.15) is 11.5 Å². The summed E-state index contributed by atoms with van der Waals surface area (Å²) in [5.74, 6) is 2.65. The molecule has 4 rings (SSSR count). The lowest BCUT2D eigenvalue weighted by atomic mass is 10.3. The Morgan fingerprint density at radius 3 is 3.00 bits per heavy atom. The predicted octanol–water partition coefficient (Wildman–Crippen LogP) is 2.15. The fraction of sp³-hybridized carbons (Fsp3) is 0.500. The van der Waals surface area contributed by atoms with Crippen LogP contribution in [0.25, 0.3) is 11.5 Å². The summed E-state index contributed by atoms with van der Waals surface area (Å²) in [6.45, 7) is 4.20. The molecular weight excluding hydrogens is 262 g/mol. The summed E-state index contributed by atoms with van der Waals surface area (Å²) < 4.78 is 0. The highest BCUT2D eigenvalue weighted by molar-refractivity contribution is 5.54. The zero-order valence-electron chi connectivity index (χ0n) is 12.2. The van der Waals surface area contributed by atoms with Gasteiger partial charge in [-0.2, -0.15) is 0 Å². The number of rotatable bonds is 3. The van der Waals surface area contributed by atoms with E-state index in [1.54, 1.807) is 0 Å². The van der Waals surface area contributed by atoms with E-state index in [4.69, 9.17) is 4.98 Å².